The average Bonchev–Trinajstić information content (AvgIpc) is 3.45. The number of carbonyl (C=O) groups is 2. The number of ether oxygens (including phenoxy) is 1. The largest absolute Gasteiger partial charge is 0.462 e. The molecule has 0 bridgehead atoms. The predicted octanol–water partition coefficient (Wildman–Crippen LogP) is 5.20. The summed E-state index contributed by atoms with van der Waals surface area (Å²) >= 11 is 8.59. The molecule has 35 heavy (non-hydrogen) atoms. The summed E-state index contributed by atoms with van der Waals surface area (Å²) in [5.41, 5.74) is 2.35. The van der Waals surface area contributed by atoms with Crippen molar-refractivity contribution in [3.63, 3.8) is 0 Å². The molecule has 0 spiro atoms. The second-order valence-corrected chi connectivity index (χ2v) is 9.81. The van der Waals surface area contributed by atoms with Crippen LogP contribution in [-0.2, 0) is 16.1 Å². The number of aromatic nitrogens is 3. The SMILES string of the molecule is CCOC(=O)c1ccc2nc(NC(=O)Cn3cnc4scc(-c5ccc(Cl)cc5)c4c3=O)sc2c1. The molecule has 5 rings (SSSR count). The van der Waals surface area contributed by atoms with Crippen molar-refractivity contribution in [2.75, 3.05) is 11.9 Å². The molecule has 3 aromatic heterocycles. The third kappa shape index (κ3) is 4.68. The van der Waals surface area contributed by atoms with Gasteiger partial charge < -0.3 is 10.1 Å². The van der Waals surface area contributed by atoms with Crippen molar-refractivity contribution in [2.45, 2.75) is 13.5 Å². The van der Waals surface area contributed by atoms with Crippen molar-refractivity contribution in [3.05, 3.63) is 75.1 Å². The van der Waals surface area contributed by atoms with Crippen molar-refractivity contribution in [1.82, 2.24) is 14.5 Å². The van der Waals surface area contributed by atoms with Gasteiger partial charge in [-0.15, -0.1) is 11.3 Å². The van der Waals surface area contributed by atoms with Gasteiger partial charge in [0.15, 0.2) is 5.13 Å². The number of fused-ring (bicyclic) bond motifs is 2. The number of anilines is 1. The standard InChI is InChI=1S/C24H17ClN4O4S2/c1-2-33-23(32)14-5-8-17-18(9-14)35-24(27-17)28-19(30)10-29-12-26-21-20(22(29)31)16(11-34-21)13-3-6-15(25)7-4-13/h3-9,11-12H,2,10H2,1H3,(H,27,28,30). The maximum atomic E-state index is 13.2. The molecule has 0 aliphatic rings. The first-order chi connectivity index (χ1) is 16.9. The van der Waals surface area contributed by atoms with Gasteiger partial charge >= 0.3 is 5.97 Å². The van der Waals surface area contributed by atoms with Crippen LogP contribution >= 0.6 is 34.3 Å². The second kappa shape index (κ2) is 9.57. The van der Waals surface area contributed by atoms with Crippen LogP contribution in [0.3, 0.4) is 0 Å². The summed E-state index contributed by atoms with van der Waals surface area (Å²) in [5, 5.41) is 6.03. The Balaban J connectivity index is 1.38. The molecule has 0 unspecified atom stereocenters. The average molecular weight is 525 g/mol. The minimum atomic E-state index is -0.416. The lowest BCUT2D eigenvalue weighted by Gasteiger charge is -2.06. The summed E-state index contributed by atoms with van der Waals surface area (Å²) in [5.74, 6) is -0.830. The summed E-state index contributed by atoms with van der Waals surface area (Å²) in [7, 11) is 0. The molecular weight excluding hydrogens is 508 g/mol. The molecule has 0 saturated carbocycles. The van der Waals surface area contributed by atoms with E-state index in [1.807, 2.05) is 17.5 Å². The minimum Gasteiger partial charge on any atom is -0.462 e. The van der Waals surface area contributed by atoms with Crippen LogP contribution in [-0.4, -0.2) is 33.0 Å². The van der Waals surface area contributed by atoms with Crippen LogP contribution in [0.15, 0.2) is 59.0 Å². The number of hydrogen-bond acceptors (Lipinski definition) is 8. The fourth-order valence-corrected chi connectivity index (χ4v) is 5.51. The van der Waals surface area contributed by atoms with Crippen LogP contribution in [0.2, 0.25) is 5.02 Å². The van der Waals surface area contributed by atoms with Crippen molar-refractivity contribution in [2.24, 2.45) is 0 Å². The maximum absolute atomic E-state index is 13.2. The van der Waals surface area contributed by atoms with Crippen molar-refractivity contribution < 1.29 is 14.3 Å². The third-order valence-electron chi connectivity index (χ3n) is 5.18. The number of benzene rings is 2. The number of carbonyl (C=O) groups excluding carboxylic acids is 2. The quantitative estimate of drug-likeness (QED) is 0.306. The Bertz CT molecular complexity index is 1640. The van der Waals surface area contributed by atoms with E-state index in [9.17, 15) is 14.4 Å². The van der Waals surface area contributed by atoms with Crippen LogP contribution in [0, 0.1) is 0 Å². The molecule has 1 N–H and O–H groups in total. The first kappa shape index (κ1) is 23.2. The minimum absolute atomic E-state index is 0.221. The van der Waals surface area contributed by atoms with Gasteiger partial charge in [-0.3, -0.25) is 14.2 Å². The van der Waals surface area contributed by atoms with Gasteiger partial charge in [0.25, 0.3) is 5.56 Å². The monoisotopic (exact) mass is 524 g/mol. The molecule has 176 valence electrons. The highest BCUT2D eigenvalue weighted by atomic mass is 35.5. The van der Waals surface area contributed by atoms with Gasteiger partial charge in [-0.2, -0.15) is 0 Å². The summed E-state index contributed by atoms with van der Waals surface area (Å²) in [6.45, 7) is 1.81. The molecule has 0 fully saturated rings. The van der Waals surface area contributed by atoms with E-state index < -0.39 is 11.9 Å². The molecule has 0 saturated heterocycles. The normalized spacial score (nSPS) is 11.1. The smallest absolute Gasteiger partial charge is 0.338 e. The fraction of sp³-hybridized carbons (Fsp3) is 0.125. The van der Waals surface area contributed by atoms with Gasteiger partial charge in [-0.05, 0) is 42.8 Å². The highest BCUT2D eigenvalue weighted by Crippen LogP contribution is 2.31. The van der Waals surface area contributed by atoms with Gasteiger partial charge in [-0.25, -0.2) is 14.8 Å². The Kier molecular flexibility index (Phi) is 6.33. The predicted molar refractivity (Wildman–Crippen MR) is 139 cm³/mol. The number of thiazole rings is 1. The topological polar surface area (TPSA) is 103 Å². The van der Waals surface area contributed by atoms with E-state index in [-0.39, 0.29) is 18.7 Å². The number of hydrogen-bond donors (Lipinski definition) is 1. The highest BCUT2D eigenvalue weighted by molar-refractivity contribution is 7.22. The number of esters is 1. The first-order valence-corrected chi connectivity index (χ1v) is 12.6. The molecule has 1 amide bonds. The molecule has 8 nitrogen and oxygen atoms in total. The molecule has 2 aromatic carbocycles. The first-order valence-electron chi connectivity index (χ1n) is 10.5. The van der Waals surface area contributed by atoms with Crippen molar-refractivity contribution in [3.8, 4) is 11.1 Å². The number of rotatable bonds is 6. The summed E-state index contributed by atoms with van der Waals surface area (Å²) in [4.78, 5) is 47.2. The lowest BCUT2D eigenvalue weighted by Crippen LogP contribution is -2.27. The van der Waals surface area contributed by atoms with Gasteiger partial charge in [0.05, 0.1) is 34.1 Å². The lowest BCUT2D eigenvalue weighted by molar-refractivity contribution is -0.116. The van der Waals surface area contributed by atoms with Crippen LogP contribution in [0.4, 0.5) is 5.13 Å². The zero-order valence-electron chi connectivity index (χ0n) is 18.3. The van der Waals surface area contributed by atoms with E-state index in [2.05, 4.69) is 15.3 Å². The fourth-order valence-electron chi connectivity index (χ4n) is 3.56. The molecule has 0 aliphatic heterocycles. The molecular formula is C24H17ClN4O4S2. The van der Waals surface area contributed by atoms with E-state index >= 15 is 0 Å². The van der Waals surface area contributed by atoms with Crippen molar-refractivity contribution in [1.29, 1.82) is 0 Å². The molecule has 3 heterocycles. The van der Waals surface area contributed by atoms with Crippen LogP contribution in [0.5, 0.6) is 0 Å². The van der Waals surface area contributed by atoms with E-state index in [0.29, 0.717) is 31.5 Å². The van der Waals surface area contributed by atoms with E-state index in [0.717, 1.165) is 15.8 Å². The Morgan fingerprint density at radius 3 is 2.74 bits per heavy atom. The lowest BCUT2D eigenvalue weighted by atomic mass is 10.1. The summed E-state index contributed by atoms with van der Waals surface area (Å²) < 4.78 is 7.03. The Hall–Kier alpha value is -3.60. The molecule has 0 atom stereocenters. The Labute approximate surface area is 211 Å². The molecule has 11 heteroatoms. The molecule has 5 aromatic rings. The number of thiophene rings is 1. The number of nitrogens with one attached hydrogen (secondary N) is 1. The van der Waals surface area contributed by atoms with Gasteiger partial charge in [0.2, 0.25) is 5.91 Å². The zero-order chi connectivity index (χ0) is 24.5. The van der Waals surface area contributed by atoms with Crippen LogP contribution < -0.4 is 10.9 Å². The van der Waals surface area contributed by atoms with Crippen LogP contribution in [0.1, 0.15) is 17.3 Å². The summed E-state index contributed by atoms with van der Waals surface area (Å²) in [6.07, 6.45) is 1.37. The van der Waals surface area contributed by atoms with E-state index in [1.165, 1.54) is 33.6 Å². The summed E-state index contributed by atoms with van der Waals surface area (Å²) in [6, 6.07) is 12.2. The second-order valence-electron chi connectivity index (χ2n) is 7.48. The highest BCUT2D eigenvalue weighted by Gasteiger charge is 2.16. The zero-order valence-corrected chi connectivity index (χ0v) is 20.7. The Morgan fingerprint density at radius 1 is 1.17 bits per heavy atom. The number of amides is 1. The molecule has 0 aliphatic carbocycles. The van der Waals surface area contributed by atoms with E-state index in [1.54, 1.807) is 37.3 Å². The van der Waals surface area contributed by atoms with Gasteiger partial charge in [0, 0.05) is 16.0 Å². The number of halogens is 1. The van der Waals surface area contributed by atoms with Crippen molar-refractivity contribution >= 4 is 71.7 Å². The van der Waals surface area contributed by atoms with Crippen LogP contribution in [0.25, 0.3) is 31.6 Å². The number of nitrogens with zero attached hydrogens (tertiary/aromatic N) is 3. The Morgan fingerprint density at radius 2 is 1.97 bits per heavy atom. The maximum Gasteiger partial charge on any atom is 0.338 e. The molecule has 0 radical (unpaired) electrons. The van der Waals surface area contributed by atoms with Gasteiger partial charge in [0.1, 0.15) is 11.4 Å². The van der Waals surface area contributed by atoms with Gasteiger partial charge in [-0.1, -0.05) is 35.1 Å². The van der Waals surface area contributed by atoms with E-state index in [4.69, 9.17) is 16.3 Å². The third-order valence-corrected chi connectivity index (χ3v) is 7.25.